The smallest absolute Gasteiger partial charge is 0.251 e. The van der Waals surface area contributed by atoms with E-state index in [-0.39, 0.29) is 23.6 Å². The van der Waals surface area contributed by atoms with Crippen molar-refractivity contribution >= 4 is 11.8 Å². The summed E-state index contributed by atoms with van der Waals surface area (Å²) < 4.78 is 1.37. The first-order valence-corrected chi connectivity index (χ1v) is 5.64. The van der Waals surface area contributed by atoms with Gasteiger partial charge in [-0.15, -0.1) is 0 Å². The lowest BCUT2D eigenvalue weighted by atomic mass is 10.2. The first-order chi connectivity index (χ1) is 8.45. The average Bonchev–Trinajstić information content (AvgIpc) is 2.37. The Balaban J connectivity index is 2.63. The summed E-state index contributed by atoms with van der Waals surface area (Å²) in [4.78, 5) is 36.0. The Morgan fingerprint density at radius 1 is 1.44 bits per heavy atom. The van der Waals surface area contributed by atoms with Crippen LogP contribution in [0.3, 0.4) is 0 Å². The van der Waals surface area contributed by atoms with Crippen LogP contribution >= 0.6 is 0 Å². The topological polar surface area (TPSA) is 71.4 Å². The first-order valence-electron chi connectivity index (χ1n) is 5.64. The molecule has 0 spiro atoms. The van der Waals surface area contributed by atoms with E-state index in [2.05, 4.69) is 5.32 Å². The molecule has 0 aromatic carbocycles. The minimum atomic E-state index is -0.425. The molecular formula is C12H17N3O3. The largest absolute Gasteiger partial charge is 0.345 e. The van der Waals surface area contributed by atoms with Gasteiger partial charge in [0.15, 0.2) is 0 Å². The molecule has 0 radical (unpaired) electrons. The van der Waals surface area contributed by atoms with E-state index in [9.17, 15) is 14.4 Å². The van der Waals surface area contributed by atoms with Gasteiger partial charge in [-0.3, -0.25) is 14.4 Å². The number of hydrogen-bond donors (Lipinski definition) is 1. The highest BCUT2D eigenvalue weighted by Crippen LogP contribution is 1.94. The zero-order valence-corrected chi connectivity index (χ0v) is 10.8. The Morgan fingerprint density at radius 3 is 2.67 bits per heavy atom. The van der Waals surface area contributed by atoms with Crippen molar-refractivity contribution in [1.29, 1.82) is 0 Å². The molecule has 6 nitrogen and oxygen atoms in total. The summed E-state index contributed by atoms with van der Waals surface area (Å²) in [6.07, 6.45) is 1.51. The summed E-state index contributed by atoms with van der Waals surface area (Å²) in [6.45, 7) is 2.36. The number of nitrogens with one attached hydrogen (secondary N) is 1. The third-order valence-electron chi connectivity index (χ3n) is 2.67. The number of pyridine rings is 1. The van der Waals surface area contributed by atoms with Crippen LogP contribution in [0.1, 0.15) is 17.3 Å². The number of carbonyl (C=O) groups is 2. The summed E-state index contributed by atoms with van der Waals surface area (Å²) in [5, 5.41) is 2.48. The SMILES string of the molecule is CCN(C)C(=O)CNC(=O)c1ccn(C)c(=O)c1. The molecule has 0 aliphatic heterocycles. The van der Waals surface area contributed by atoms with Crippen LogP contribution in [0.2, 0.25) is 0 Å². The Hall–Kier alpha value is -2.11. The molecule has 1 aromatic rings. The number of aromatic nitrogens is 1. The average molecular weight is 251 g/mol. The molecule has 0 bridgehead atoms. The number of hydrogen-bond acceptors (Lipinski definition) is 3. The third kappa shape index (κ3) is 3.44. The van der Waals surface area contributed by atoms with Crippen LogP contribution in [0.5, 0.6) is 0 Å². The van der Waals surface area contributed by atoms with Gasteiger partial charge >= 0.3 is 0 Å². The van der Waals surface area contributed by atoms with Crippen molar-refractivity contribution < 1.29 is 9.59 Å². The molecule has 6 heteroatoms. The van der Waals surface area contributed by atoms with Gasteiger partial charge in [0.1, 0.15) is 0 Å². The molecule has 0 saturated heterocycles. The highest BCUT2D eigenvalue weighted by molar-refractivity contribution is 5.96. The summed E-state index contributed by atoms with van der Waals surface area (Å²) in [7, 11) is 3.26. The highest BCUT2D eigenvalue weighted by atomic mass is 16.2. The summed E-state index contributed by atoms with van der Waals surface area (Å²) in [5.41, 5.74) is -0.00953. The predicted molar refractivity (Wildman–Crippen MR) is 67.3 cm³/mol. The van der Waals surface area contributed by atoms with Gasteiger partial charge in [-0.25, -0.2) is 0 Å². The monoisotopic (exact) mass is 251 g/mol. The standard InChI is InChI=1S/C12H17N3O3/c1-4-14(2)11(17)8-13-12(18)9-5-6-15(3)10(16)7-9/h5-7H,4,8H2,1-3H3,(H,13,18). The second-order valence-electron chi connectivity index (χ2n) is 3.96. The van der Waals surface area contributed by atoms with Gasteiger partial charge in [0.2, 0.25) is 5.91 Å². The van der Waals surface area contributed by atoms with Gasteiger partial charge in [0.05, 0.1) is 6.54 Å². The molecule has 1 heterocycles. The maximum Gasteiger partial charge on any atom is 0.251 e. The molecule has 0 atom stereocenters. The maximum absolute atomic E-state index is 11.7. The van der Waals surface area contributed by atoms with Crippen molar-refractivity contribution in [2.45, 2.75) is 6.92 Å². The molecule has 0 saturated carbocycles. The van der Waals surface area contributed by atoms with Gasteiger partial charge < -0.3 is 14.8 Å². The van der Waals surface area contributed by atoms with Crippen LogP contribution in [0, 0.1) is 0 Å². The fourth-order valence-electron chi connectivity index (χ4n) is 1.26. The lowest BCUT2D eigenvalue weighted by Crippen LogP contribution is -2.38. The number of likely N-dealkylation sites (N-methyl/N-ethyl adjacent to an activating group) is 1. The van der Waals surface area contributed by atoms with Gasteiger partial charge in [-0.2, -0.15) is 0 Å². The predicted octanol–water partition coefficient (Wildman–Crippen LogP) is -0.407. The fourth-order valence-corrected chi connectivity index (χ4v) is 1.26. The van der Waals surface area contributed by atoms with E-state index in [1.165, 1.54) is 27.8 Å². The lowest BCUT2D eigenvalue weighted by molar-refractivity contribution is -0.128. The minimum absolute atomic E-state index is 0.0710. The molecule has 1 rings (SSSR count). The molecule has 0 unspecified atom stereocenters. The fraction of sp³-hybridized carbons (Fsp3) is 0.417. The Morgan fingerprint density at radius 2 is 2.11 bits per heavy atom. The zero-order chi connectivity index (χ0) is 13.7. The van der Waals surface area contributed by atoms with Crippen LogP contribution in [0.4, 0.5) is 0 Å². The molecular weight excluding hydrogens is 234 g/mol. The van der Waals surface area contributed by atoms with E-state index in [0.717, 1.165) is 0 Å². The normalized spacial score (nSPS) is 9.94. The van der Waals surface area contributed by atoms with E-state index >= 15 is 0 Å². The van der Waals surface area contributed by atoms with Crippen molar-refractivity contribution in [3.8, 4) is 0 Å². The van der Waals surface area contributed by atoms with Gasteiger partial charge in [0, 0.05) is 38.5 Å². The molecule has 0 aliphatic rings. The van der Waals surface area contributed by atoms with Gasteiger partial charge in [-0.05, 0) is 13.0 Å². The molecule has 0 fully saturated rings. The van der Waals surface area contributed by atoms with Gasteiger partial charge in [-0.1, -0.05) is 0 Å². The molecule has 1 aromatic heterocycles. The number of aryl methyl sites for hydroxylation is 1. The molecule has 2 amide bonds. The van der Waals surface area contributed by atoms with E-state index in [0.29, 0.717) is 6.54 Å². The van der Waals surface area contributed by atoms with Crippen LogP contribution < -0.4 is 10.9 Å². The van der Waals surface area contributed by atoms with Crippen LogP contribution in [-0.4, -0.2) is 41.4 Å². The molecule has 0 aliphatic carbocycles. The number of amides is 2. The summed E-state index contributed by atoms with van der Waals surface area (Å²) in [6, 6.07) is 2.77. The zero-order valence-electron chi connectivity index (χ0n) is 10.8. The maximum atomic E-state index is 11.7. The molecule has 18 heavy (non-hydrogen) atoms. The number of nitrogens with zero attached hydrogens (tertiary/aromatic N) is 2. The number of rotatable bonds is 4. The van der Waals surface area contributed by atoms with E-state index in [1.807, 2.05) is 6.92 Å². The van der Waals surface area contributed by atoms with E-state index < -0.39 is 5.91 Å². The van der Waals surface area contributed by atoms with Crippen LogP contribution in [0.15, 0.2) is 23.1 Å². The first kappa shape index (κ1) is 14.0. The number of carbonyl (C=O) groups excluding carboxylic acids is 2. The van der Waals surface area contributed by atoms with Crippen molar-refractivity contribution in [3.05, 3.63) is 34.2 Å². The quantitative estimate of drug-likeness (QED) is 0.791. The Kier molecular flexibility index (Phi) is 4.65. The van der Waals surface area contributed by atoms with Crippen LogP contribution in [0.25, 0.3) is 0 Å². The van der Waals surface area contributed by atoms with Gasteiger partial charge in [0.25, 0.3) is 11.5 Å². The van der Waals surface area contributed by atoms with Crippen molar-refractivity contribution in [1.82, 2.24) is 14.8 Å². The van der Waals surface area contributed by atoms with Crippen molar-refractivity contribution in [3.63, 3.8) is 0 Å². The lowest BCUT2D eigenvalue weighted by Gasteiger charge is -2.14. The summed E-state index contributed by atoms with van der Waals surface area (Å²) in [5.74, 6) is -0.597. The van der Waals surface area contributed by atoms with E-state index in [1.54, 1.807) is 14.1 Å². The third-order valence-corrected chi connectivity index (χ3v) is 2.67. The Labute approximate surface area is 105 Å². The minimum Gasteiger partial charge on any atom is -0.345 e. The van der Waals surface area contributed by atoms with E-state index in [4.69, 9.17) is 0 Å². The Bertz CT molecular complexity index is 508. The summed E-state index contributed by atoms with van der Waals surface area (Å²) >= 11 is 0. The molecule has 98 valence electrons. The van der Waals surface area contributed by atoms with Crippen molar-refractivity contribution in [2.24, 2.45) is 7.05 Å². The van der Waals surface area contributed by atoms with Crippen molar-refractivity contribution in [2.75, 3.05) is 20.1 Å². The highest BCUT2D eigenvalue weighted by Gasteiger charge is 2.10. The second-order valence-corrected chi connectivity index (χ2v) is 3.96. The van der Waals surface area contributed by atoms with Crippen LogP contribution in [-0.2, 0) is 11.8 Å². The second kappa shape index (κ2) is 6.00. The molecule has 1 N–H and O–H groups in total.